The van der Waals surface area contributed by atoms with E-state index in [1.54, 1.807) is 0 Å². The van der Waals surface area contributed by atoms with Crippen LogP contribution in [-0.4, -0.2) is 24.5 Å². The van der Waals surface area contributed by atoms with Gasteiger partial charge in [0.15, 0.2) is 5.15 Å². The summed E-state index contributed by atoms with van der Waals surface area (Å²) in [5.41, 5.74) is 0.0000494. The van der Waals surface area contributed by atoms with Crippen LogP contribution in [0.2, 0.25) is 5.15 Å². The summed E-state index contributed by atoms with van der Waals surface area (Å²) in [5.74, 6) is -1.21. The zero-order valence-corrected chi connectivity index (χ0v) is 11.5. The maximum Gasteiger partial charge on any atom is 0.335 e. The van der Waals surface area contributed by atoms with E-state index in [2.05, 4.69) is 9.71 Å². The molecule has 104 valence electrons. The van der Waals surface area contributed by atoms with Gasteiger partial charge in [0.2, 0.25) is 0 Å². The molecule has 0 bridgehead atoms. The van der Waals surface area contributed by atoms with Gasteiger partial charge in [0, 0.05) is 6.20 Å². The first-order valence-corrected chi connectivity index (χ1v) is 7.23. The fourth-order valence-electron chi connectivity index (χ4n) is 1.46. The molecule has 0 aliphatic rings. The van der Waals surface area contributed by atoms with Crippen molar-refractivity contribution in [3.05, 3.63) is 53.3 Å². The van der Waals surface area contributed by atoms with Crippen molar-refractivity contribution in [3.63, 3.8) is 0 Å². The van der Waals surface area contributed by atoms with Gasteiger partial charge < -0.3 is 5.11 Å². The van der Waals surface area contributed by atoms with Crippen LogP contribution in [0.1, 0.15) is 10.4 Å². The number of nitrogens with zero attached hydrogens (tertiary/aromatic N) is 1. The van der Waals surface area contributed by atoms with E-state index in [1.807, 2.05) is 0 Å². The molecule has 8 heteroatoms. The van der Waals surface area contributed by atoms with Gasteiger partial charge >= 0.3 is 5.97 Å². The quantitative estimate of drug-likeness (QED) is 0.844. The minimum absolute atomic E-state index is 0.00506. The molecule has 20 heavy (non-hydrogen) atoms. The van der Waals surface area contributed by atoms with Gasteiger partial charge in [-0.1, -0.05) is 17.7 Å². The van der Waals surface area contributed by atoms with E-state index in [-0.39, 0.29) is 21.3 Å². The summed E-state index contributed by atoms with van der Waals surface area (Å²) in [4.78, 5) is 14.4. The van der Waals surface area contributed by atoms with Crippen molar-refractivity contribution in [2.45, 2.75) is 4.90 Å². The number of aromatic carboxylic acids is 1. The molecular weight excluding hydrogens is 304 g/mol. The van der Waals surface area contributed by atoms with Crippen LogP contribution in [0, 0.1) is 0 Å². The van der Waals surface area contributed by atoms with Gasteiger partial charge in [0.25, 0.3) is 10.0 Å². The van der Waals surface area contributed by atoms with Crippen LogP contribution in [-0.2, 0) is 10.0 Å². The number of halogens is 1. The molecule has 0 saturated carbocycles. The molecule has 1 aromatic heterocycles. The normalized spacial score (nSPS) is 11.1. The van der Waals surface area contributed by atoms with E-state index in [4.69, 9.17) is 16.7 Å². The summed E-state index contributed by atoms with van der Waals surface area (Å²) < 4.78 is 26.5. The lowest BCUT2D eigenvalue weighted by Gasteiger charge is -2.09. The second-order valence-electron chi connectivity index (χ2n) is 3.78. The smallest absolute Gasteiger partial charge is 0.335 e. The fourth-order valence-corrected chi connectivity index (χ4v) is 2.80. The first kappa shape index (κ1) is 14.3. The molecule has 1 aromatic carbocycles. The highest BCUT2D eigenvalue weighted by atomic mass is 35.5. The highest BCUT2D eigenvalue weighted by Crippen LogP contribution is 2.22. The Morgan fingerprint density at radius 1 is 1.25 bits per heavy atom. The zero-order chi connectivity index (χ0) is 14.8. The van der Waals surface area contributed by atoms with Crippen molar-refractivity contribution < 1.29 is 18.3 Å². The largest absolute Gasteiger partial charge is 0.478 e. The Labute approximate surface area is 120 Å². The summed E-state index contributed by atoms with van der Waals surface area (Å²) in [5, 5.41) is 8.87. The Bertz CT molecular complexity index is 762. The molecule has 0 amide bonds. The highest BCUT2D eigenvalue weighted by Gasteiger charge is 2.17. The molecule has 6 nitrogen and oxygen atoms in total. The molecular formula is C12H9ClN2O4S. The second kappa shape index (κ2) is 5.48. The monoisotopic (exact) mass is 312 g/mol. The number of carboxylic acid groups (broad SMARTS) is 1. The first-order valence-electron chi connectivity index (χ1n) is 5.37. The lowest BCUT2D eigenvalue weighted by Crippen LogP contribution is -2.14. The highest BCUT2D eigenvalue weighted by molar-refractivity contribution is 7.92. The number of aromatic nitrogens is 1. The summed E-state index contributed by atoms with van der Waals surface area (Å²) >= 11 is 5.77. The molecule has 0 aliphatic heterocycles. The number of benzene rings is 1. The summed E-state index contributed by atoms with van der Waals surface area (Å²) in [6, 6.07) is 7.99. The lowest BCUT2D eigenvalue weighted by atomic mass is 10.2. The third-order valence-corrected chi connectivity index (χ3v) is 4.06. The number of pyridine rings is 1. The number of sulfonamides is 1. The zero-order valence-electron chi connectivity index (χ0n) is 9.95. The minimum Gasteiger partial charge on any atom is -0.478 e. The van der Waals surface area contributed by atoms with Crippen molar-refractivity contribution in [2.24, 2.45) is 0 Å². The number of hydrogen-bond acceptors (Lipinski definition) is 4. The van der Waals surface area contributed by atoms with Gasteiger partial charge in [0.05, 0.1) is 16.1 Å². The van der Waals surface area contributed by atoms with Gasteiger partial charge in [-0.25, -0.2) is 18.2 Å². The Morgan fingerprint density at radius 3 is 2.65 bits per heavy atom. The number of hydrogen-bond donors (Lipinski definition) is 2. The van der Waals surface area contributed by atoms with Gasteiger partial charge in [-0.15, -0.1) is 0 Å². The Balaban J connectivity index is 2.38. The lowest BCUT2D eigenvalue weighted by molar-refractivity contribution is 0.0696. The van der Waals surface area contributed by atoms with E-state index < -0.39 is 16.0 Å². The minimum atomic E-state index is -3.93. The van der Waals surface area contributed by atoms with E-state index >= 15 is 0 Å². The summed E-state index contributed by atoms with van der Waals surface area (Å²) in [7, 11) is -3.93. The van der Waals surface area contributed by atoms with E-state index in [9.17, 15) is 13.2 Å². The van der Waals surface area contributed by atoms with Crippen molar-refractivity contribution in [3.8, 4) is 0 Å². The van der Waals surface area contributed by atoms with Crippen molar-refractivity contribution >= 4 is 33.3 Å². The maximum absolute atomic E-state index is 12.1. The molecule has 0 aliphatic carbocycles. The molecule has 0 atom stereocenters. The predicted octanol–water partition coefficient (Wildman–Crippen LogP) is 2.23. The second-order valence-corrected chi connectivity index (χ2v) is 5.82. The molecule has 0 radical (unpaired) electrons. The Kier molecular flexibility index (Phi) is 3.91. The maximum atomic E-state index is 12.1. The molecule has 0 spiro atoms. The van der Waals surface area contributed by atoms with Crippen LogP contribution in [0.3, 0.4) is 0 Å². The van der Waals surface area contributed by atoms with E-state index in [0.29, 0.717) is 0 Å². The van der Waals surface area contributed by atoms with Crippen LogP contribution in [0.25, 0.3) is 0 Å². The average Bonchev–Trinajstić information content (AvgIpc) is 2.41. The average molecular weight is 313 g/mol. The molecule has 0 fully saturated rings. The molecule has 2 rings (SSSR count). The first-order chi connectivity index (χ1) is 9.40. The fraction of sp³-hybridized carbons (Fsp3) is 0. The van der Waals surface area contributed by atoms with Gasteiger partial charge in [-0.3, -0.25) is 4.72 Å². The molecule has 0 unspecified atom stereocenters. The van der Waals surface area contributed by atoms with Gasteiger partial charge in [-0.05, 0) is 30.3 Å². The van der Waals surface area contributed by atoms with Gasteiger partial charge in [-0.2, -0.15) is 0 Å². The Morgan fingerprint density at radius 2 is 2.00 bits per heavy atom. The molecule has 2 N–H and O–H groups in total. The molecule has 1 heterocycles. The van der Waals surface area contributed by atoms with Crippen LogP contribution < -0.4 is 4.72 Å². The number of nitrogens with one attached hydrogen (secondary N) is 1. The number of rotatable bonds is 4. The number of carbonyl (C=O) groups is 1. The van der Waals surface area contributed by atoms with E-state index in [0.717, 1.165) is 6.07 Å². The van der Waals surface area contributed by atoms with Crippen molar-refractivity contribution in [2.75, 3.05) is 4.72 Å². The number of anilines is 1. The standard InChI is InChI=1S/C12H9ClN2O4S/c13-11-10(5-2-6-14-11)15-20(18,19)9-4-1-3-8(7-9)12(16)17/h1-7,15H,(H,16,17). The predicted molar refractivity (Wildman–Crippen MR) is 73.5 cm³/mol. The van der Waals surface area contributed by atoms with Crippen LogP contribution >= 0.6 is 11.6 Å². The molecule has 0 saturated heterocycles. The third-order valence-electron chi connectivity index (χ3n) is 2.39. The Hall–Kier alpha value is -2.12. The summed E-state index contributed by atoms with van der Waals surface area (Å²) in [6.45, 7) is 0. The van der Waals surface area contributed by atoms with Crippen LogP contribution in [0.4, 0.5) is 5.69 Å². The topological polar surface area (TPSA) is 96.4 Å². The third kappa shape index (κ3) is 3.06. The SMILES string of the molecule is O=C(O)c1cccc(S(=O)(=O)Nc2cccnc2Cl)c1. The van der Waals surface area contributed by atoms with Crippen LogP contribution in [0.15, 0.2) is 47.5 Å². The summed E-state index contributed by atoms with van der Waals surface area (Å²) in [6.07, 6.45) is 1.42. The van der Waals surface area contributed by atoms with Gasteiger partial charge in [0.1, 0.15) is 0 Å². The number of carboxylic acids is 1. The molecule has 2 aromatic rings. The van der Waals surface area contributed by atoms with E-state index in [1.165, 1.54) is 36.5 Å². The van der Waals surface area contributed by atoms with Crippen molar-refractivity contribution in [1.29, 1.82) is 0 Å². The van der Waals surface area contributed by atoms with Crippen LogP contribution in [0.5, 0.6) is 0 Å². The van der Waals surface area contributed by atoms with Crippen molar-refractivity contribution in [1.82, 2.24) is 4.98 Å².